The molecule has 114 valence electrons. The van der Waals surface area contributed by atoms with E-state index >= 15 is 0 Å². The summed E-state index contributed by atoms with van der Waals surface area (Å²) in [4.78, 5) is 29.0. The number of carboxylic acid groups (broad SMARTS) is 1. The Balaban J connectivity index is 1.80. The van der Waals surface area contributed by atoms with Crippen LogP contribution < -0.4 is 0 Å². The van der Waals surface area contributed by atoms with Gasteiger partial charge in [-0.3, -0.25) is 9.78 Å². The molecule has 8 heteroatoms. The molecule has 1 amide bonds. The SMILES string of the molecule is O=C(O)[C@@H]1CN(C(=O)c2cc(-n3cccn3)ccn2)CCO1. The van der Waals surface area contributed by atoms with Crippen molar-refractivity contribution >= 4 is 11.9 Å². The first-order chi connectivity index (χ1) is 10.6. The summed E-state index contributed by atoms with van der Waals surface area (Å²) in [7, 11) is 0. The van der Waals surface area contributed by atoms with E-state index in [1.807, 2.05) is 0 Å². The van der Waals surface area contributed by atoms with Crippen molar-refractivity contribution in [3.05, 3.63) is 42.5 Å². The monoisotopic (exact) mass is 302 g/mol. The van der Waals surface area contributed by atoms with E-state index in [0.717, 1.165) is 0 Å². The third-order valence-electron chi connectivity index (χ3n) is 3.36. The number of hydrogen-bond acceptors (Lipinski definition) is 5. The minimum absolute atomic E-state index is 0.0157. The zero-order valence-electron chi connectivity index (χ0n) is 11.6. The van der Waals surface area contributed by atoms with Crippen LogP contribution in [0.5, 0.6) is 0 Å². The smallest absolute Gasteiger partial charge is 0.334 e. The van der Waals surface area contributed by atoms with E-state index in [0.29, 0.717) is 12.2 Å². The van der Waals surface area contributed by atoms with Crippen molar-refractivity contribution in [1.82, 2.24) is 19.7 Å². The number of aromatic nitrogens is 3. The number of carboxylic acids is 1. The summed E-state index contributed by atoms with van der Waals surface area (Å²) in [5, 5.41) is 13.1. The largest absolute Gasteiger partial charge is 0.479 e. The molecule has 0 radical (unpaired) electrons. The molecular weight excluding hydrogens is 288 g/mol. The summed E-state index contributed by atoms with van der Waals surface area (Å²) in [6.45, 7) is 0.555. The molecular formula is C14H14N4O4. The fourth-order valence-corrected chi connectivity index (χ4v) is 2.25. The van der Waals surface area contributed by atoms with Crippen molar-refractivity contribution in [3.8, 4) is 5.69 Å². The van der Waals surface area contributed by atoms with Gasteiger partial charge < -0.3 is 14.7 Å². The second-order valence-electron chi connectivity index (χ2n) is 4.80. The zero-order chi connectivity index (χ0) is 15.5. The molecule has 2 aromatic rings. The average Bonchev–Trinajstić information content (AvgIpc) is 3.09. The molecule has 3 heterocycles. The summed E-state index contributed by atoms with van der Waals surface area (Å²) in [6.07, 6.45) is 3.94. The lowest BCUT2D eigenvalue weighted by Crippen LogP contribution is -2.48. The maximum atomic E-state index is 12.5. The Labute approximate surface area is 125 Å². The first kappa shape index (κ1) is 14.2. The van der Waals surface area contributed by atoms with Gasteiger partial charge in [0.15, 0.2) is 6.10 Å². The van der Waals surface area contributed by atoms with Crippen LogP contribution in [0.15, 0.2) is 36.8 Å². The van der Waals surface area contributed by atoms with Crippen molar-refractivity contribution in [3.63, 3.8) is 0 Å². The number of rotatable bonds is 3. The van der Waals surface area contributed by atoms with Crippen molar-refractivity contribution < 1.29 is 19.4 Å². The lowest BCUT2D eigenvalue weighted by Gasteiger charge is -2.30. The van der Waals surface area contributed by atoms with Gasteiger partial charge in [0.05, 0.1) is 18.8 Å². The van der Waals surface area contributed by atoms with Crippen LogP contribution in [0.2, 0.25) is 0 Å². The highest BCUT2D eigenvalue weighted by Crippen LogP contribution is 2.12. The highest BCUT2D eigenvalue weighted by Gasteiger charge is 2.30. The number of nitrogens with zero attached hydrogens (tertiary/aromatic N) is 4. The van der Waals surface area contributed by atoms with Gasteiger partial charge in [-0.2, -0.15) is 5.10 Å². The number of carbonyl (C=O) groups is 2. The molecule has 22 heavy (non-hydrogen) atoms. The molecule has 0 aliphatic carbocycles. The first-order valence-corrected chi connectivity index (χ1v) is 6.75. The van der Waals surface area contributed by atoms with Crippen LogP contribution in [0.1, 0.15) is 10.5 Å². The van der Waals surface area contributed by atoms with Crippen LogP contribution >= 0.6 is 0 Å². The second-order valence-corrected chi connectivity index (χ2v) is 4.80. The molecule has 0 unspecified atom stereocenters. The molecule has 0 bridgehead atoms. The Kier molecular flexibility index (Phi) is 3.84. The van der Waals surface area contributed by atoms with Gasteiger partial charge in [0, 0.05) is 25.1 Å². The highest BCUT2D eigenvalue weighted by molar-refractivity contribution is 5.93. The normalized spacial score (nSPS) is 18.2. The number of pyridine rings is 1. The predicted molar refractivity (Wildman–Crippen MR) is 74.6 cm³/mol. The molecule has 1 aliphatic rings. The summed E-state index contributed by atoms with van der Waals surface area (Å²) in [5.41, 5.74) is 0.963. The molecule has 0 saturated carbocycles. The number of hydrogen-bond donors (Lipinski definition) is 1. The van der Waals surface area contributed by atoms with Crippen molar-refractivity contribution in [1.29, 1.82) is 0 Å². The fourth-order valence-electron chi connectivity index (χ4n) is 2.25. The van der Waals surface area contributed by atoms with Crippen LogP contribution in [-0.4, -0.2) is 62.4 Å². The maximum absolute atomic E-state index is 12.5. The number of amides is 1. The zero-order valence-corrected chi connectivity index (χ0v) is 11.6. The van der Waals surface area contributed by atoms with Gasteiger partial charge in [-0.15, -0.1) is 0 Å². The lowest BCUT2D eigenvalue weighted by molar-refractivity contribution is -0.154. The number of ether oxygens (including phenoxy) is 1. The quantitative estimate of drug-likeness (QED) is 0.869. The molecule has 1 atom stereocenters. The Morgan fingerprint density at radius 1 is 1.36 bits per heavy atom. The predicted octanol–water partition coefficient (Wildman–Crippen LogP) is 0.193. The second kappa shape index (κ2) is 5.94. The van der Waals surface area contributed by atoms with E-state index in [4.69, 9.17) is 9.84 Å². The van der Waals surface area contributed by atoms with E-state index in [2.05, 4.69) is 10.1 Å². The lowest BCUT2D eigenvalue weighted by atomic mass is 10.2. The third-order valence-corrected chi connectivity index (χ3v) is 3.36. The number of morpholine rings is 1. The summed E-state index contributed by atoms with van der Waals surface area (Å²) in [6, 6.07) is 5.14. The Morgan fingerprint density at radius 3 is 2.95 bits per heavy atom. The fraction of sp³-hybridized carbons (Fsp3) is 0.286. The molecule has 1 fully saturated rings. The number of carbonyl (C=O) groups excluding carboxylic acids is 1. The van der Waals surface area contributed by atoms with E-state index in [9.17, 15) is 9.59 Å². The average molecular weight is 302 g/mol. The molecule has 1 saturated heterocycles. The molecule has 0 spiro atoms. The topological polar surface area (TPSA) is 97.6 Å². The molecule has 3 rings (SSSR count). The Morgan fingerprint density at radius 2 is 2.23 bits per heavy atom. The maximum Gasteiger partial charge on any atom is 0.334 e. The van der Waals surface area contributed by atoms with Crippen LogP contribution in [-0.2, 0) is 9.53 Å². The molecule has 8 nitrogen and oxygen atoms in total. The van der Waals surface area contributed by atoms with E-state index in [1.165, 1.54) is 11.1 Å². The van der Waals surface area contributed by atoms with E-state index < -0.39 is 12.1 Å². The molecule has 0 aromatic carbocycles. The van der Waals surface area contributed by atoms with Crippen LogP contribution in [0.3, 0.4) is 0 Å². The standard InChI is InChI=1S/C14H14N4O4/c19-13(17-6-7-22-12(9-17)14(20)21)11-8-10(2-4-15-11)18-5-1-3-16-18/h1-5,8,12H,6-7,9H2,(H,20,21)/t12-/m0/s1. The van der Waals surface area contributed by atoms with Crippen molar-refractivity contribution in [2.75, 3.05) is 19.7 Å². The molecule has 1 N–H and O–H groups in total. The van der Waals surface area contributed by atoms with Gasteiger partial charge in [-0.05, 0) is 18.2 Å². The van der Waals surface area contributed by atoms with Gasteiger partial charge in [-0.1, -0.05) is 0 Å². The summed E-state index contributed by atoms with van der Waals surface area (Å²) < 4.78 is 6.73. The minimum Gasteiger partial charge on any atom is -0.479 e. The van der Waals surface area contributed by atoms with E-state index in [1.54, 1.807) is 35.3 Å². The highest BCUT2D eigenvalue weighted by atomic mass is 16.5. The Bertz CT molecular complexity index is 686. The molecule has 2 aromatic heterocycles. The van der Waals surface area contributed by atoms with Crippen LogP contribution in [0, 0.1) is 0 Å². The molecule has 1 aliphatic heterocycles. The van der Waals surface area contributed by atoms with Crippen molar-refractivity contribution in [2.45, 2.75) is 6.10 Å². The summed E-state index contributed by atoms with van der Waals surface area (Å²) in [5.74, 6) is -1.39. The van der Waals surface area contributed by atoms with Gasteiger partial charge in [0.25, 0.3) is 5.91 Å². The van der Waals surface area contributed by atoms with Gasteiger partial charge in [0.2, 0.25) is 0 Å². The van der Waals surface area contributed by atoms with Crippen molar-refractivity contribution in [2.24, 2.45) is 0 Å². The number of aliphatic carboxylic acids is 1. The van der Waals surface area contributed by atoms with Crippen LogP contribution in [0.25, 0.3) is 5.69 Å². The van der Waals surface area contributed by atoms with Gasteiger partial charge >= 0.3 is 5.97 Å². The Hall–Kier alpha value is -2.74. The van der Waals surface area contributed by atoms with Crippen LogP contribution in [0.4, 0.5) is 0 Å². The first-order valence-electron chi connectivity index (χ1n) is 6.75. The minimum atomic E-state index is -1.07. The van der Waals surface area contributed by atoms with Gasteiger partial charge in [0.1, 0.15) is 5.69 Å². The van der Waals surface area contributed by atoms with E-state index in [-0.39, 0.29) is 24.8 Å². The van der Waals surface area contributed by atoms with Gasteiger partial charge in [-0.25, -0.2) is 9.48 Å². The third kappa shape index (κ3) is 2.82. The summed E-state index contributed by atoms with van der Waals surface area (Å²) >= 11 is 0.